The van der Waals surface area contributed by atoms with E-state index in [1.165, 1.54) is 11.1 Å². The van der Waals surface area contributed by atoms with E-state index >= 15 is 0 Å². The van der Waals surface area contributed by atoms with Crippen molar-refractivity contribution in [2.24, 2.45) is 0 Å². The molecule has 202 valence electrons. The van der Waals surface area contributed by atoms with Crippen molar-refractivity contribution < 1.29 is 19.0 Å². The van der Waals surface area contributed by atoms with Crippen LogP contribution in [0.5, 0.6) is 0 Å². The van der Waals surface area contributed by atoms with Gasteiger partial charge < -0.3 is 24.0 Å². The SMILES string of the molecule is CC(C)(C)OC(=O)CCOCCc1ccc(CCN2CCC3(CC2)CN(c2ccccn2)CCO3)cc1. The maximum atomic E-state index is 11.7. The minimum atomic E-state index is -0.443. The van der Waals surface area contributed by atoms with E-state index in [4.69, 9.17) is 14.2 Å². The first kappa shape index (κ1) is 27.6. The van der Waals surface area contributed by atoms with Crippen LogP contribution in [0, 0.1) is 0 Å². The number of nitrogens with zero attached hydrogens (tertiary/aromatic N) is 3. The monoisotopic (exact) mass is 509 g/mol. The number of likely N-dealkylation sites (tertiary alicyclic amines) is 1. The molecule has 1 aromatic heterocycles. The number of pyridine rings is 1. The van der Waals surface area contributed by atoms with Crippen LogP contribution in [0.2, 0.25) is 0 Å². The number of aromatic nitrogens is 1. The first-order chi connectivity index (χ1) is 17.8. The summed E-state index contributed by atoms with van der Waals surface area (Å²) in [5, 5.41) is 0. The lowest BCUT2D eigenvalue weighted by Crippen LogP contribution is -2.57. The number of piperidine rings is 1. The van der Waals surface area contributed by atoms with Gasteiger partial charge in [-0.2, -0.15) is 0 Å². The third-order valence-corrected chi connectivity index (χ3v) is 7.13. The number of rotatable bonds is 10. The van der Waals surface area contributed by atoms with Crippen molar-refractivity contribution in [1.82, 2.24) is 9.88 Å². The van der Waals surface area contributed by atoms with Gasteiger partial charge in [-0.3, -0.25) is 4.79 Å². The lowest BCUT2D eigenvalue weighted by Gasteiger charge is -2.47. The number of ether oxygens (including phenoxy) is 3. The highest BCUT2D eigenvalue weighted by atomic mass is 16.6. The Hall–Kier alpha value is -2.48. The van der Waals surface area contributed by atoms with Crippen molar-refractivity contribution in [2.45, 2.75) is 64.1 Å². The Balaban J connectivity index is 1.12. The highest BCUT2D eigenvalue weighted by Gasteiger charge is 2.39. The van der Waals surface area contributed by atoms with Gasteiger partial charge in [-0.25, -0.2) is 4.98 Å². The van der Waals surface area contributed by atoms with Crippen LogP contribution in [-0.4, -0.2) is 79.6 Å². The molecule has 7 heteroatoms. The molecule has 0 saturated carbocycles. The van der Waals surface area contributed by atoms with Crippen molar-refractivity contribution in [3.05, 3.63) is 59.8 Å². The van der Waals surface area contributed by atoms with E-state index in [2.05, 4.69) is 51.2 Å². The molecule has 2 aromatic rings. The molecule has 0 bridgehead atoms. The van der Waals surface area contributed by atoms with E-state index in [0.717, 1.165) is 70.8 Å². The van der Waals surface area contributed by atoms with Crippen LogP contribution in [0.25, 0.3) is 0 Å². The number of esters is 1. The van der Waals surface area contributed by atoms with Crippen molar-refractivity contribution in [3.63, 3.8) is 0 Å². The van der Waals surface area contributed by atoms with Gasteiger partial charge in [-0.1, -0.05) is 30.3 Å². The lowest BCUT2D eigenvalue weighted by molar-refractivity contribution is -0.156. The van der Waals surface area contributed by atoms with Crippen LogP contribution in [0.4, 0.5) is 5.82 Å². The van der Waals surface area contributed by atoms with Gasteiger partial charge in [0.1, 0.15) is 11.4 Å². The standard InChI is InChI=1S/C30H43N3O4/c1-29(2,3)37-28(34)13-22-35-21-12-26-9-7-25(8-10-26)11-17-32-18-14-30(15-19-32)24-33(20-23-36-30)27-6-4-5-16-31-27/h4-10,16H,11-15,17-24H2,1-3H3. The number of hydrogen-bond acceptors (Lipinski definition) is 7. The Morgan fingerprint density at radius 2 is 1.73 bits per heavy atom. The fourth-order valence-corrected chi connectivity index (χ4v) is 5.07. The predicted octanol–water partition coefficient (Wildman–Crippen LogP) is 4.29. The first-order valence-corrected chi connectivity index (χ1v) is 13.7. The molecule has 2 aliphatic heterocycles. The summed E-state index contributed by atoms with van der Waals surface area (Å²) >= 11 is 0. The predicted molar refractivity (Wildman–Crippen MR) is 146 cm³/mol. The van der Waals surface area contributed by atoms with Crippen LogP contribution in [0.1, 0.15) is 51.2 Å². The molecule has 1 spiro atoms. The molecule has 0 N–H and O–H groups in total. The largest absolute Gasteiger partial charge is 0.460 e. The second-order valence-electron chi connectivity index (χ2n) is 11.2. The minimum Gasteiger partial charge on any atom is -0.460 e. The Kier molecular flexibility index (Phi) is 9.57. The fourth-order valence-electron chi connectivity index (χ4n) is 5.07. The Morgan fingerprint density at radius 3 is 2.41 bits per heavy atom. The molecular formula is C30H43N3O4. The summed E-state index contributed by atoms with van der Waals surface area (Å²) in [7, 11) is 0. The number of carbonyl (C=O) groups excluding carboxylic acids is 1. The van der Waals surface area contributed by atoms with E-state index in [1.807, 2.05) is 33.0 Å². The van der Waals surface area contributed by atoms with Crippen molar-refractivity contribution in [3.8, 4) is 0 Å². The van der Waals surface area contributed by atoms with Gasteiger partial charge in [0.2, 0.25) is 0 Å². The third kappa shape index (κ3) is 8.80. The Morgan fingerprint density at radius 1 is 1.00 bits per heavy atom. The molecule has 3 heterocycles. The zero-order valence-electron chi connectivity index (χ0n) is 22.8. The molecule has 0 atom stereocenters. The van der Waals surface area contributed by atoms with E-state index < -0.39 is 5.60 Å². The molecule has 37 heavy (non-hydrogen) atoms. The summed E-state index contributed by atoms with van der Waals surface area (Å²) in [6, 6.07) is 15.0. The van der Waals surface area contributed by atoms with Crippen LogP contribution in [0.3, 0.4) is 0 Å². The highest BCUT2D eigenvalue weighted by Crippen LogP contribution is 2.31. The molecule has 1 aromatic carbocycles. The number of benzene rings is 1. The summed E-state index contributed by atoms with van der Waals surface area (Å²) in [6.07, 6.45) is 6.21. The quantitative estimate of drug-likeness (QED) is 0.350. The molecule has 0 amide bonds. The zero-order valence-corrected chi connectivity index (χ0v) is 22.8. The molecule has 2 saturated heterocycles. The molecular weight excluding hydrogens is 466 g/mol. The van der Waals surface area contributed by atoms with E-state index in [-0.39, 0.29) is 11.6 Å². The van der Waals surface area contributed by atoms with E-state index in [1.54, 1.807) is 0 Å². The van der Waals surface area contributed by atoms with Gasteiger partial charge in [0.05, 0.1) is 31.8 Å². The second-order valence-corrected chi connectivity index (χ2v) is 11.2. The highest BCUT2D eigenvalue weighted by molar-refractivity contribution is 5.69. The Bertz CT molecular complexity index is 967. The third-order valence-electron chi connectivity index (χ3n) is 7.13. The average molecular weight is 510 g/mol. The van der Waals surface area contributed by atoms with Crippen LogP contribution in [-0.2, 0) is 31.8 Å². The Labute approximate surface area is 222 Å². The minimum absolute atomic E-state index is 0.0388. The fraction of sp³-hybridized carbons (Fsp3) is 0.600. The smallest absolute Gasteiger partial charge is 0.308 e. The molecule has 0 radical (unpaired) electrons. The maximum Gasteiger partial charge on any atom is 0.308 e. The summed E-state index contributed by atoms with van der Waals surface area (Å²) in [4.78, 5) is 21.2. The summed E-state index contributed by atoms with van der Waals surface area (Å²) in [5.74, 6) is 0.849. The summed E-state index contributed by atoms with van der Waals surface area (Å²) in [6.45, 7) is 12.5. The van der Waals surface area contributed by atoms with E-state index in [9.17, 15) is 4.79 Å². The number of carbonyl (C=O) groups is 1. The summed E-state index contributed by atoms with van der Waals surface area (Å²) < 4.78 is 17.3. The number of hydrogen-bond donors (Lipinski definition) is 0. The van der Waals surface area contributed by atoms with Crippen LogP contribution < -0.4 is 4.90 Å². The number of anilines is 1. The first-order valence-electron chi connectivity index (χ1n) is 13.7. The van der Waals surface area contributed by atoms with E-state index in [0.29, 0.717) is 19.6 Å². The van der Waals surface area contributed by atoms with Gasteiger partial charge in [-0.15, -0.1) is 0 Å². The van der Waals surface area contributed by atoms with Gasteiger partial charge in [0.25, 0.3) is 0 Å². The van der Waals surface area contributed by atoms with Gasteiger partial charge in [0, 0.05) is 38.9 Å². The van der Waals surface area contributed by atoms with Crippen molar-refractivity contribution in [2.75, 3.05) is 57.4 Å². The van der Waals surface area contributed by atoms with Gasteiger partial charge in [-0.05, 0) is 69.7 Å². The van der Waals surface area contributed by atoms with Crippen molar-refractivity contribution in [1.29, 1.82) is 0 Å². The average Bonchev–Trinajstić information content (AvgIpc) is 2.88. The lowest BCUT2D eigenvalue weighted by atomic mass is 9.89. The number of morpholine rings is 1. The molecule has 0 aliphatic carbocycles. The van der Waals surface area contributed by atoms with Gasteiger partial charge >= 0.3 is 5.97 Å². The van der Waals surface area contributed by atoms with Crippen molar-refractivity contribution >= 4 is 11.8 Å². The zero-order chi connectivity index (χ0) is 26.1. The molecule has 2 aliphatic rings. The molecule has 0 unspecified atom stereocenters. The topological polar surface area (TPSA) is 64.1 Å². The molecule has 7 nitrogen and oxygen atoms in total. The molecule has 2 fully saturated rings. The second kappa shape index (κ2) is 12.9. The maximum absolute atomic E-state index is 11.7. The van der Waals surface area contributed by atoms with Gasteiger partial charge in [0.15, 0.2) is 0 Å². The normalized spacial score (nSPS) is 18.2. The van der Waals surface area contributed by atoms with Crippen LogP contribution >= 0.6 is 0 Å². The van der Waals surface area contributed by atoms with Crippen LogP contribution in [0.15, 0.2) is 48.7 Å². The summed E-state index contributed by atoms with van der Waals surface area (Å²) in [5.41, 5.74) is 2.14. The molecule has 4 rings (SSSR count).